The maximum Gasteiger partial charge on any atom is 0.228 e. The Morgan fingerprint density at radius 1 is 1.07 bits per heavy atom. The number of nitrogens with one attached hydrogen (secondary N) is 1. The highest BCUT2D eigenvalue weighted by molar-refractivity contribution is 5.87. The number of likely N-dealkylation sites (tertiary alicyclic amines) is 1. The first kappa shape index (κ1) is 20.6. The van der Waals surface area contributed by atoms with Crippen molar-refractivity contribution in [3.8, 4) is 11.1 Å². The van der Waals surface area contributed by atoms with E-state index < -0.39 is 5.41 Å². The number of nitrogens with zero attached hydrogens (tertiary/aromatic N) is 1. The molecule has 1 unspecified atom stereocenters. The van der Waals surface area contributed by atoms with Crippen LogP contribution >= 0.6 is 0 Å². The van der Waals surface area contributed by atoms with Gasteiger partial charge in [-0.3, -0.25) is 9.59 Å². The Balaban J connectivity index is 1.64. The van der Waals surface area contributed by atoms with Gasteiger partial charge >= 0.3 is 0 Å². The second kappa shape index (κ2) is 8.63. The smallest absolute Gasteiger partial charge is 0.228 e. The molecule has 0 aromatic heterocycles. The van der Waals surface area contributed by atoms with Crippen LogP contribution in [0.15, 0.2) is 54.6 Å². The van der Waals surface area contributed by atoms with Gasteiger partial charge in [-0.15, -0.1) is 0 Å². The molecule has 2 fully saturated rings. The third-order valence-electron chi connectivity index (χ3n) is 6.65. The molecule has 1 heterocycles. The molecule has 2 aromatic carbocycles. The lowest BCUT2D eigenvalue weighted by Crippen LogP contribution is -2.48. The van der Waals surface area contributed by atoms with Gasteiger partial charge in [-0.05, 0) is 56.2 Å². The zero-order chi connectivity index (χ0) is 21.1. The molecule has 158 valence electrons. The zero-order valence-corrected chi connectivity index (χ0v) is 18.1. The van der Waals surface area contributed by atoms with Crippen LogP contribution in [0.4, 0.5) is 0 Å². The monoisotopic (exact) mass is 404 g/mol. The van der Waals surface area contributed by atoms with Gasteiger partial charge in [-0.2, -0.15) is 0 Å². The molecule has 4 nitrogen and oxygen atoms in total. The highest BCUT2D eigenvalue weighted by Crippen LogP contribution is 2.39. The molecule has 2 amide bonds. The van der Waals surface area contributed by atoms with Crippen LogP contribution in [0, 0.1) is 11.3 Å². The maximum atomic E-state index is 13.4. The number of hydrogen-bond donors (Lipinski definition) is 1. The minimum absolute atomic E-state index is 0.0734. The van der Waals surface area contributed by atoms with Gasteiger partial charge in [-0.1, -0.05) is 61.0 Å². The summed E-state index contributed by atoms with van der Waals surface area (Å²) >= 11 is 0. The first-order chi connectivity index (χ1) is 14.5. The highest BCUT2D eigenvalue weighted by atomic mass is 16.2. The number of rotatable bonds is 6. The van der Waals surface area contributed by atoms with Crippen LogP contribution in [0.25, 0.3) is 11.1 Å². The Kier molecular flexibility index (Phi) is 5.94. The van der Waals surface area contributed by atoms with E-state index in [1.807, 2.05) is 49.1 Å². The number of amides is 2. The van der Waals surface area contributed by atoms with E-state index in [2.05, 4.69) is 29.6 Å². The van der Waals surface area contributed by atoms with Gasteiger partial charge in [0.05, 0.1) is 5.41 Å². The summed E-state index contributed by atoms with van der Waals surface area (Å²) in [5.41, 5.74) is 2.92. The standard InChI is InChI=1S/C26H32N2O2/c1-19(2)27-25(30)26(15-16-28(18-26)24(29)21-12-8-13-21)17-22-11-6-7-14-23(22)20-9-4-3-5-10-20/h3-7,9-11,14,19,21H,8,12-13,15-18H2,1-2H3,(H,27,30). The summed E-state index contributed by atoms with van der Waals surface area (Å²) in [6.07, 6.45) is 4.50. The minimum atomic E-state index is -0.575. The molecule has 1 saturated carbocycles. The van der Waals surface area contributed by atoms with Crippen LogP contribution in [0.1, 0.15) is 45.1 Å². The third kappa shape index (κ3) is 4.14. The molecule has 1 atom stereocenters. The fourth-order valence-corrected chi connectivity index (χ4v) is 4.74. The van der Waals surface area contributed by atoms with Crippen LogP contribution in [0.5, 0.6) is 0 Å². The van der Waals surface area contributed by atoms with Crippen molar-refractivity contribution in [3.63, 3.8) is 0 Å². The topological polar surface area (TPSA) is 49.4 Å². The molecule has 1 aliphatic heterocycles. The normalized spacial score (nSPS) is 21.5. The summed E-state index contributed by atoms with van der Waals surface area (Å²) < 4.78 is 0. The van der Waals surface area contributed by atoms with Crippen molar-refractivity contribution in [2.24, 2.45) is 11.3 Å². The lowest BCUT2D eigenvalue weighted by Gasteiger charge is -2.32. The van der Waals surface area contributed by atoms with Crippen molar-refractivity contribution in [1.82, 2.24) is 10.2 Å². The Hall–Kier alpha value is -2.62. The Bertz CT molecular complexity index is 904. The molecule has 1 N–H and O–H groups in total. The molecule has 30 heavy (non-hydrogen) atoms. The second-order valence-electron chi connectivity index (χ2n) is 9.25. The van der Waals surface area contributed by atoms with Crippen molar-refractivity contribution < 1.29 is 9.59 Å². The number of carbonyl (C=O) groups excluding carboxylic acids is 2. The fraction of sp³-hybridized carbons (Fsp3) is 0.462. The quantitative estimate of drug-likeness (QED) is 0.774. The summed E-state index contributed by atoms with van der Waals surface area (Å²) in [7, 11) is 0. The third-order valence-corrected chi connectivity index (χ3v) is 6.65. The van der Waals surface area contributed by atoms with Crippen molar-refractivity contribution in [3.05, 3.63) is 60.2 Å². The predicted octanol–water partition coefficient (Wildman–Crippen LogP) is 4.44. The van der Waals surface area contributed by atoms with E-state index in [1.165, 1.54) is 11.1 Å². The maximum absolute atomic E-state index is 13.4. The molecule has 1 saturated heterocycles. The van der Waals surface area contributed by atoms with E-state index in [4.69, 9.17) is 0 Å². The first-order valence-electron chi connectivity index (χ1n) is 11.2. The molecule has 4 rings (SSSR count). The van der Waals surface area contributed by atoms with E-state index in [0.29, 0.717) is 25.9 Å². The summed E-state index contributed by atoms with van der Waals surface area (Å²) in [5, 5.41) is 3.14. The van der Waals surface area contributed by atoms with Crippen LogP contribution < -0.4 is 5.32 Å². The largest absolute Gasteiger partial charge is 0.353 e. The molecule has 0 radical (unpaired) electrons. The van der Waals surface area contributed by atoms with Crippen LogP contribution in [0.3, 0.4) is 0 Å². The van der Waals surface area contributed by atoms with Gasteiger partial charge in [0, 0.05) is 25.0 Å². The van der Waals surface area contributed by atoms with Gasteiger partial charge in [0.25, 0.3) is 0 Å². The van der Waals surface area contributed by atoms with Gasteiger partial charge in [0.1, 0.15) is 0 Å². The molecular formula is C26H32N2O2. The molecule has 0 spiro atoms. The lowest BCUT2D eigenvalue weighted by molar-refractivity contribution is -0.138. The van der Waals surface area contributed by atoms with Crippen molar-refractivity contribution in [2.45, 2.75) is 52.0 Å². The average Bonchev–Trinajstić information content (AvgIpc) is 3.13. The molecule has 0 bridgehead atoms. The molecular weight excluding hydrogens is 372 g/mol. The fourth-order valence-electron chi connectivity index (χ4n) is 4.74. The van der Waals surface area contributed by atoms with Gasteiger partial charge < -0.3 is 10.2 Å². The molecule has 4 heteroatoms. The predicted molar refractivity (Wildman–Crippen MR) is 120 cm³/mol. The van der Waals surface area contributed by atoms with Crippen molar-refractivity contribution in [2.75, 3.05) is 13.1 Å². The van der Waals surface area contributed by atoms with Crippen molar-refractivity contribution >= 4 is 11.8 Å². The number of carbonyl (C=O) groups is 2. The summed E-state index contributed by atoms with van der Waals surface area (Å²) in [6.45, 7) is 5.18. The number of hydrogen-bond acceptors (Lipinski definition) is 2. The van der Waals surface area contributed by atoms with E-state index in [1.54, 1.807) is 0 Å². The molecule has 1 aliphatic carbocycles. The summed E-state index contributed by atoms with van der Waals surface area (Å²) in [4.78, 5) is 28.3. The molecule has 2 aromatic rings. The Morgan fingerprint density at radius 3 is 2.43 bits per heavy atom. The minimum Gasteiger partial charge on any atom is -0.353 e. The van der Waals surface area contributed by atoms with Gasteiger partial charge in [-0.25, -0.2) is 0 Å². The SMILES string of the molecule is CC(C)NC(=O)C1(Cc2ccccc2-c2ccccc2)CCN(C(=O)C2CCC2)C1. The summed E-state index contributed by atoms with van der Waals surface area (Å²) in [6, 6.07) is 18.8. The van der Waals surface area contributed by atoms with Crippen molar-refractivity contribution in [1.29, 1.82) is 0 Å². The highest BCUT2D eigenvalue weighted by Gasteiger charge is 2.47. The average molecular weight is 405 g/mol. The van der Waals surface area contributed by atoms with E-state index in [9.17, 15) is 9.59 Å². The zero-order valence-electron chi connectivity index (χ0n) is 18.1. The van der Waals surface area contributed by atoms with Crippen LogP contribution in [0.2, 0.25) is 0 Å². The Morgan fingerprint density at radius 2 is 1.77 bits per heavy atom. The summed E-state index contributed by atoms with van der Waals surface area (Å²) in [5.74, 6) is 0.492. The second-order valence-corrected chi connectivity index (χ2v) is 9.25. The molecule has 2 aliphatic rings. The number of benzene rings is 2. The van der Waals surface area contributed by atoms with E-state index >= 15 is 0 Å². The Labute approximate surface area is 179 Å². The van der Waals surface area contributed by atoms with Crippen LogP contribution in [-0.4, -0.2) is 35.8 Å². The van der Waals surface area contributed by atoms with Gasteiger partial charge in [0.2, 0.25) is 11.8 Å². The van der Waals surface area contributed by atoms with Gasteiger partial charge in [0.15, 0.2) is 0 Å². The van der Waals surface area contributed by atoms with E-state index in [-0.39, 0.29) is 23.8 Å². The lowest BCUT2D eigenvalue weighted by atomic mass is 9.77. The van der Waals surface area contributed by atoms with Crippen LogP contribution in [-0.2, 0) is 16.0 Å². The first-order valence-corrected chi connectivity index (χ1v) is 11.2. The van der Waals surface area contributed by atoms with E-state index in [0.717, 1.165) is 24.8 Å².